The summed E-state index contributed by atoms with van der Waals surface area (Å²) >= 11 is 1.33. The molecule has 8 heteroatoms. The average Bonchev–Trinajstić information content (AvgIpc) is 3.16. The fraction of sp³-hybridized carbons (Fsp3) is 0.526. The number of piperazine rings is 1. The first-order valence-electron chi connectivity index (χ1n) is 9.42. The predicted octanol–water partition coefficient (Wildman–Crippen LogP) is 1.11. The third-order valence-electron chi connectivity index (χ3n) is 4.90. The van der Waals surface area contributed by atoms with Crippen LogP contribution < -0.4 is 9.80 Å². The second-order valence-electron chi connectivity index (χ2n) is 6.94. The Kier molecular flexibility index (Phi) is 6.73. The highest BCUT2D eigenvalue weighted by Crippen LogP contribution is 2.21. The number of hydrogen-bond acceptors (Lipinski definition) is 6. The summed E-state index contributed by atoms with van der Waals surface area (Å²) in [5, 5.41) is 8.72. The zero-order valence-corrected chi connectivity index (χ0v) is 17.0. The molecule has 0 saturated carbocycles. The molecule has 1 atom stereocenters. The van der Waals surface area contributed by atoms with Crippen LogP contribution in [-0.2, 0) is 4.79 Å². The Morgan fingerprint density at radius 1 is 1.19 bits per heavy atom. The molecule has 2 aromatic rings. The van der Waals surface area contributed by atoms with Gasteiger partial charge in [-0.25, -0.2) is 0 Å². The zero-order valence-electron chi connectivity index (χ0n) is 16.2. The molecule has 27 heavy (non-hydrogen) atoms. The minimum absolute atomic E-state index is 0.123. The number of carbonyl (C=O) groups excluding carboxylic acids is 1. The van der Waals surface area contributed by atoms with Gasteiger partial charge in [0.25, 0.3) is 11.1 Å². The Balaban J connectivity index is 1.47. The van der Waals surface area contributed by atoms with Crippen LogP contribution in [-0.4, -0.2) is 67.0 Å². The van der Waals surface area contributed by atoms with Gasteiger partial charge in [-0.3, -0.25) is 4.79 Å². The van der Waals surface area contributed by atoms with E-state index < -0.39 is 0 Å². The fourth-order valence-electron chi connectivity index (χ4n) is 3.32. The highest BCUT2D eigenvalue weighted by Gasteiger charge is 2.24. The maximum Gasteiger partial charge on any atom is 0.277 e. The summed E-state index contributed by atoms with van der Waals surface area (Å²) in [6, 6.07) is 10.5. The van der Waals surface area contributed by atoms with Crippen LogP contribution in [0, 0.1) is 0 Å². The summed E-state index contributed by atoms with van der Waals surface area (Å²) in [6.07, 6.45) is 0.930. The smallest absolute Gasteiger partial charge is 0.277 e. The molecular formula is C19H28N5O2S+. The van der Waals surface area contributed by atoms with Gasteiger partial charge < -0.3 is 19.1 Å². The van der Waals surface area contributed by atoms with E-state index in [-0.39, 0.29) is 11.9 Å². The van der Waals surface area contributed by atoms with E-state index in [0.717, 1.165) is 32.6 Å². The average molecular weight is 391 g/mol. The lowest BCUT2D eigenvalue weighted by Crippen LogP contribution is -3.06. The molecule has 1 N–H and O–H groups in total. The Hall–Kier alpha value is -2.06. The number of carbonyl (C=O) groups is 1. The number of quaternary nitrogens is 1. The van der Waals surface area contributed by atoms with Crippen molar-refractivity contribution >= 4 is 23.4 Å². The molecule has 3 rings (SSSR count). The Labute approximate surface area is 164 Å². The van der Waals surface area contributed by atoms with Gasteiger partial charge in [0.05, 0.1) is 19.8 Å². The number of nitrogens with one attached hydrogen (secondary N) is 1. The molecule has 146 valence electrons. The van der Waals surface area contributed by atoms with Crippen molar-refractivity contribution in [3.63, 3.8) is 0 Å². The predicted molar refractivity (Wildman–Crippen MR) is 106 cm³/mol. The van der Waals surface area contributed by atoms with Crippen molar-refractivity contribution in [2.45, 2.75) is 24.6 Å². The van der Waals surface area contributed by atoms with Gasteiger partial charge in [0.1, 0.15) is 0 Å². The topological polar surface area (TPSA) is 66.9 Å². The summed E-state index contributed by atoms with van der Waals surface area (Å²) in [7, 11) is 4.15. The number of nitrogens with zero attached hydrogens (tertiary/aromatic N) is 4. The summed E-state index contributed by atoms with van der Waals surface area (Å²) in [5.74, 6) is 1.10. The van der Waals surface area contributed by atoms with E-state index in [1.165, 1.54) is 22.3 Å². The lowest BCUT2D eigenvalue weighted by Gasteiger charge is -2.36. The van der Waals surface area contributed by atoms with Crippen molar-refractivity contribution in [2.24, 2.45) is 0 Å². The molecule has 0 spiro atoms. The van der Waals surface area contributed by atoms with Crippen LogP contribution in [0.3, 0.4) is 0 Å². The van der Waals surface area contributed by atoms with E-state index >= 15 is 0 Å². The largest absolute Gasteiger partial charge is 0.410 e. The van der Waals surface area contributed by atoms with Crippen LogP contribution >= 0.6 is 11.8 Å². The Morgan fingerprint density at radius 3 is 2.52 bits per heavy atom. The molecule has 1 aromatic heterocycles. The third kappa shape index (κ3) is 5.01. The lowest BCUT2D eigenvalue weighted by molar-refractivity contribution is -0.894. The number of anilines is 1. The number of thioether (sulfide) groups is 1. The van der Waals surface area contributed by atoms with Crippen LogP contribution in [0.1, 0.15) is 25.3 Å². The molecule has 0 aliphatic carbocycles. The fourth-order valence-corrected chi connectivity index (χ4v) is 3.99. The normalized spacial score (nSPS) is 16.0. The molecule has 1 aliphatic rings. The molecule has 1 saturated heterocycles. The maximum absolute atomic E-state index is 12.5. The first-order chi connectivity index (χ1) is 13.1. The SMILES string of the molecule is CC[C@@H](c1nnc(SCC(=O)N2CCN(c3ccccc3)CC2)o1)[NH+](C)C. The monoisotopic (exact) mass is 390 g/mol. The van der Waals surface area contributed by atoms with E-state index in [0.29, 0.717) is 16.9 Å². The maximum atomic E-state index is 12.5. The van der Waals surface area contributed by atoms with Gasteiger partial charge in [-0.2, -0.15) is 0 Å². The van der Waals surface area contributed by atoms with Crippen LogP contribution in [0.15, 0.2) is 40.0 Å². The highest BCUT2D eigenvalue weighted by atomic mass is 32.2. The standard InChI is InChI=1S/C19H27N5O2S/c1-4-16(22(2)3)18-20-21-19(26-18)27-14-17(25)24-12-10-23(11-13-24)15-8-6-5-7-9-15/h5-9,16H,4,10-14H2,1-3H3/p+1/t16-/m0/s1. The molecule has 0 unspecified atom stereocenters. The first kappa shape index (κ1) is 19.7. The van der Waals surface area contributed by atoms with Crippen molar-refractivity contribution in [1.82, 2.24) is 15.1 Å². The van der Waals surface area contributed by atoms with Crippen LogP contribution in [0.25, 0.3) is 0 Å². The van der Waals surface area contributed by atoms with Crippen molar-refractivity contribution < 1.29 is 14.1 Å². The molecule has 2 heterocycles. The van der Waals surface area contributed by atoms with Crippen LogP contribution in [0.4, 0.5) is 5.69 Å². The van der Waals surface area contributed by atoms with Crippen LogP contribution in [0.2, 0.25) is 0 Å². The van der Waals surface area contributed by atoms with Crippen molar-refractivity contribution in [2.75, 3.05) is 50.9 Å². The van der Waals surface area contributed by atoms with Gasteiger partial charge in [-0.1, -0.05) is 36.9 Å². The number of benzene rings is 1. The van der Waals surface area contributed by atoms with Gasteiger partial charge in [0, 0.05) is 38.3 Å². The number of aromatic nitrogens is 2. The molecule has 0 radical (unpaired) electrons. The van der Waals surface area contributed by atoms with Crippen molar-refractivity contribution in [3.8, 4) is 0 Å². The summed E-state index contributed by atoms with van der Waals surface area (Å²) in [4.78, 5) is 18.0. The minimum Gasteiger partial charge on any atom is -0.410 e. The highest BCUT2D eigenvalue weighted by molar-refractivity contribution is 7.99. The van der Waals surface area contributed by atoms with E-state index in [2.05, 4.69) is 48.2 Å². The van der Waals surface area contributed by atoms with Gasteiger partial charge in [-0.15, -0.1) is 10.2 Å². The van der Waals surface area contributed by atoms with Crippen LogP contribution in [0.5, 0.6) is 0 Å². The summed E-state index contributed by atoms with van der Waals surface area (Å²) in [6.45, 7) is 5.30. The molecule has 7 nitrogen and oxygen atoms in total. The molecule has 1 amide bonds. The Morgan fingerprint density at radius 2 is 1.89 bits per heavy atom. The van der Waals surface area contributed by atoms with E-state index in [1.807, 2.05) is 23.1 Å². The van der Waals surface area contributed by atoms with Gasteiger partial charge in [0.2, 0.25) is 5.91 Å². The van der Waals surface area contributed by atoms with E-state index in [1.54, 1.807) is 0 Å². The molecular weight excluding hydrogens is 362 g/mol. The second kappa shape index (κ2) is 9.23. The Bertz CT molecular complexity index is 729. The van der Waals surface area contributed by atoms with E-state index in [9.17, 15) is 4.79 Å². The molecule has 1 aromatic carbocycles. The second-order valence-corrected chi connectivity index (χ2v) is 7.86. The summed E-state index contributed by atoms with van der Waals surface area (Å²) in [5.41, 5.74) is 1.21. The third-order valence-corrected chi connectivity index (χ3v) is 5.70. The van der Waals surface area contributed by atoms with Gasteiger partial charge in [-0.05, 0) is 12.1 Å². The number of para-hydroxylation sites is 1. The van der Waals surface area contributed by atoms with Crippen molar-refractivity contribution in [1.29, 1.82) is 0 Å². The van der Waals surface area contributed by atoms with Gasteiger partial charge >= 0.3 is 0 Å². The summed E-state index contributed by atoms with van der Waals surface area (Å²) < 4.78 is 5.75. The number of rotatable bonds is 7. The number of hydrogen-bond donors (Lipinski definition) is 1. The molecule has 1 fully saturated rings. The lowest BCUT2D eigenvalue weighted by atomic mass is 10.2. The van der Waals surface area contributed by atoms with Crippen molar-refractivity contribution in [3.05, 3.63) is 36.2 Å². The first-order valence-corrected chi connectivity index (χ1v) is 10.4. The van der Waals surface area contributed by atoms with Gasteiger partial charge in [0.15, 0.2) is 6.04 Å². The molecule has 1 aliphatic heterocycles. The zero-order chi connectivity index (χ0) is 19.2. The minimum atomic E-state index is 0.123. The van der Waals surface area contributed by atoms with E-state index in [4.69, 9.17) is 4.42 Å². The quantitative estimate of drug-likeness (QED) is 0.715. The molecule has 0 bridgehead atoms. The number of amides is 1.